The van der Waals surface area contributed by atoms with Crippen molar-refractivity contribution in [2.24, 2.45) is 0 Å². The van der Waals surface area contributed by atoms with Gasteiger partial charge in [0, 0.05) is 31.5 Å². The van der Waals surface area contributed by atoms with Crippen LogP contribution in [0.25, 0.3) is 16.5 Å². The second kappa shape index (κ2) is 11.3. The molecule has 1 unspecified atom stereocenters. The Bertz CT molecular complexity index is 1930. The SMILES string of the molecule is COc1ccc(CN2CN(C)C(=O)c3c2ncnc3N2CCCC2c2cc3cccc(Cl)c3c(=O)n2-c2ccccc2)cc1. The number of carbonyl (C=O) groups is 1. The van der Waals surface area contributed by atoms with Gasteiger partial charge >= 0.3 is 0 Å². The Morgan fingerprint density at radius 1 is 0.955 bits per heavy atom. The molecule has 7 rings (SSSR count). The minimum absolute atomic E-state index is 0.127. The number of halogens is 1. The summed E-state index contributed by atoms with van der Waals surface area (Å²) in [5.74, 6) is 1.84. The van der Waals surface area contributed by atoms with Gasteiger partial charge in [0.15, 0.2) is 0 Å². The zero-order valence-corrected chi connectivity index (χ0v) is 25.2. The molecule has 4 heterocycles. The molecule has 1 amide bonds. The van der Waals surface area contributed by atoms with Crippen LogP contribution in [0.15, 0.2) is 90.0 Å². The molecule has 0 N–H and O–H groups in total. The van der Waals surface area contributed by atoms with Crippen LogP contribution in [0, 0.1) is 0 Å². The van der Waals surface area contributed by atoms with E-state index in [2.05, 4.69) is 20.9 Å². The summed E-state index contributed by atoms with van der Waals surface area (Å²) < 4.78 is 7.08. The van der Waals surface area contributed by atoms with Gasteiger partial charge in [0.2, 0.25) is 0 Å². The number of rotatable bonds is 6. The van der Waals surface area contributed by atoms with E-state index < -0.39 is 0 Å². The fourth-order valence-electron chi connectivity index (χ4n) is 6.43. The lowest BCUT2D eigenvalue weighted by Gasteiger charge is -2.37. The number of anilines is 2. The molecule has 0 aliphatic carbocycles. The Balaban J connectivity index is 1.35. The molecule has 2 aliphatic heterocycles. The molecule has 1 saturated heterocycles. The van der Waals surface area contributed by atoms with E-state index >= 15 is 0 Å². The van der Waals surface area contributed by atoms with E-state index in [1.54, 1.807) is 29.7 Å². The third kappa shape index (κ3) is 4.73. The molecule has 222 valence electrons. The van der Waals surface area contributed by atoms with E-state index in [1.807, 2.05) is 66.7 Å². The smallest absolute Gasteiger partial charge is 0.264 e. The highest BCUT2D eigenvalue weighted by molar-refractivity contribution is 6.35. The third-order valence-corrected chi connectivity index (χ3v) is 8.80. The van der Waals surface area contributed by atoms with E-state index in [0.717, 1.165) is 40.9 Å². The van der Waals surface area contributed by atoms with Gasteiger partial charge in [-0.15, -0.1) is 0 Å². The molecular formula is C34H31ClN6O3. The normalized spacial score (nSPS) is 16.5. The molecular weight excluding hydrogens is 576 g/mol. The Morgan fingerprint density at radius 3 is 2.50 bits per heavy atom. The highest BCUT2D eigenvalue weighted by atomic mass is 35.5. The number of carbonyl (C=O) groups excluding carboxylic acids is 1. The van der Waals surface area contributed by atoms with Crippen molar-refractivity contribution in [1.82, 2.24) is 19.4 Å². The highest BCUT2D eigenvalue weighted by Gasteiger charge is 2.38. The number of methoxy groups -OCH3 is 1. The lowest BCUT2D eigenvalue weighted by Crippen LogP contribution is -2.46. The summed E-state index contributed by atoms with van der Waals surface area (Å²) in [6, 6.07) is 24.9. The Morgan fingerprint density at radius 2 is 1.73 bits per heavy atom. The van der Waals surface area contributed by atoms with Gasteiger partial charge in [0.25, 0.3) is 11.5 Å². The quantitative estimate of drug-likeness (QED) is 0.240. The van der Waals surface area contributed by atoms with Crippen molar-refractivity contribution in [3.05, 3.63) is 117 Å². The zero-order valence-electron chi connectivity index (χ0n) is 24.5. The summed E-state index contributed by atoms with van der Waals surface area (Å²) in [6.45, 7) is 1.64. The largest absolute Gasteiger partial charge is 0.497 e. The van der Waals surface area contributed by atoms with Crippen LogP contribution in [-0.4, -0.2) is 52.7 Å². The van der Waals surface area contributed by atoms with Gasteiger partial charge in [-0.25, -0.2) is 9.97 Å². The second-order valence-corrected chi connectivity index (χ2v) is 11.6. The first-order valence-electron chi connectivity index (χ1n) is 14.6. The predicted octanol–water partition coefficient (Wildman–Crippen LogP) is 5.83. The summed E-state index contributed by atoms with van der Waals surface area (Å²) in [5.41, 5.74) is 2.95. The van der Waals surface area contributed by atoms with E-state index in [9.17, 15) is 9.59 Å². The van der Waals surface area contributed by atoms with Gasteiger partial charge in [-0.3, -0.25) is 14.2 Å². The average Bonchev–Trinajstić information content (AvgIpc) is 3.53. The zero-order chi connectivity index (χ0) is 30.4. The predicted molar refractivity (Wildman–Crippen MR) is 172 cm³/mol. The monoisotopic (exact) mass is 606 g/mol. The molecule has 0 spiro atoms. The fraction of sp³-hybridized carbons (Fsp3) is 0.235. The second-order valence-electron chi connectivity index (χ2n) is 11.2. The van der Waals surface area contributed by atoms with Crippen LogP contribution >= 0.6 is 11.6 Å². The summed E-state index contributed by atoms with van der Waals surface area (Å²) in [4.78, 5) is 43.2. The Labute approximate surface area is 259 Å². The van der Waals surface area contributed by atoms with Crippen molar-refractivity contribution in [1.29, 1.82) is 0 Å². The number of benzene rings is 3. The average molecular weight is 607 g/mol. The highest BCUT2D eigenvalue weighted by Crippen LogP contribution is 2.41. The molecule has 1 atom stereocenters. The van der Waals surface area contributed by atoms with Crippen molar-refractivity contribution in [3.8, 4) is 11.4 Å². The first kappa shape index (κ1) is 27.9. The minimum atomic E-state index is -0.208. The molecule has 5 aromatic rings. The van der Waals surface area contributed by atoms with E-state index in [0.29, 0.717) is 47.4 Å². The van der Waals surface area contributed by atoms with Gasteiger partial charge < -0.3 is 19.4 Å². The fourth-order valence-corrected chi connectivity index (χ4v) is 6.69. The van der Waals surface area contributed by atoms with Crippen LogP contribution in [0.4, 0.5) is 11.6 Å². The van der Waals surface area contributed by atoms with Crippen molar-refractivity contribution >= 4 is 39.9 Å². The number of amides is 1. The van der Waals surface area contributed by atoms with Gasteiger partial charge in [-0.05, 0) is 60.2 Å². The van der Waals surface area contributed by atoms with Crippen LogP contribution in [0.2, 0.25) is 5.02 Å². The number of pyridine rings is 1. The van der Waals surface area contributed by atoms with E-state index in [1.165, 1.54) is 6.33 Å². The first-order chi connectivity index (χ1) is 21.4. The topological polar surface area (TPSA) is 83.8 Å². The molecule has 0 radical (unpaired) electrons. The van der Waals surface area contributed by atoms with Crippen LogP contribution in [0.1, 0.15) is 40.5 Å². The lowest BCUT2D eigenvalue weighted by molar-refractivity contribution is 0.0780. The van der Waals surface area contributed by atoms with Gasteiger partial charge in [0.1, 0.15) is 29.3 Å². The van der Waals surface area contributed by atoms with Crippen LogP contribution in [0.3, 0.4) is 0 Å². The number of ether oxygens (including phenoxy) is 1. The Kier molecular flexibility index (Phi) is 7.18. The molecule has 2 aromatic heterocycles. The van der Waals surface area contributed by atoms with Gasteiger partial charge in [0.05, 0.1) is 30.2 Å². The maximum absolute atomic E-state index is 14.1. The minimum Gasteiger partial charge on any atom is -0.497 e. The summed E-state index contributed by atoms with van der Waals surface area (Å²) in [7, 11) is 3.44. The maximum Gasteiger partial charge on any atom is 0.264 e. The number of hydrogen-bond donors (Lipinski definition) is 0. The van der Waals surface area contributed by atoms with Gasteiger partial charge in [-0.1, -0.05) is 54.1 Å². The number of para-hydroxylation sites is 1. The summed E-state index contributed by atoms with van der Waals surface area (Å²) in [5, 5.41) is 1.68. The van der Waals surface area contributed by atoms with Crippen molar-refractivity contribution in [2.75, 3.05) is 37.2 Å². The number of fused-ring (bicyclic) bond motifs is 2. The van der Waals surface area contributed by atoms with Crippen molar-refractivity contribution < 1.29 is 9.53 Å². The standard InChI is InChI=1S/C34H31ClN6O3/c1-38-21-39(19-22-13-15-25(44-2)16-14-22)31-30(33(38)42)32(37-20-36-31)40-17-7-12-27(40)28-18-23-8-6-11-26(35)29(23)34(43)41(28)24-9-4-3-5-10-24/h3-6,8-11,13-16,18,20,27H,7,12,17,19,21H2,1-2H3. The molecule has 3 aromatic carbocycles. The van der Waals surface area contributed by atoms with Crippen LogP contribution < -0.4 is 20.1 Å². The number of aromatic nitrogens is 3. The first-order valence-corrected chi connectivity index (χ1v) is 15.0. The maximum atomic E-state index is 14.1. The molecule has 2 aliphatic rings. The van der Waals surface area contributed by atoms with E-state index in [-0.39, 0.29) is 17.5 Å². The summed E-state index contributed by atoms with van der Waals surface area (Å²) >= 11 is 6.56. The number of nitrogens with zero attached hydrogens (tertiary/aromatic N) is 6. The van der Waals surface area contributed by atoms with Gasteiger partial charge in [-0.2, -0.15) is 0 Å². The third-order valence-electron chi connectivity index (χ3n) is 8.49. The molecule has 10 heteroatoms. The van der Waals surface area contributed by atoms with Crippen LogP contribution in [0.5, 0.6) is 5.75 Å². The Hall–Kier alpha value is -4.89. The molecule has 9 nitrogen and oxygen atoms in total. The van der Waals surface area contributed by atoms with E-state index in [4.69, 9.17) is 21.3 Å². The molecule has 0 saturated carbocycles. The van der Waals surface area contributed by atoms with Crippen molar-refractivity contribution in [2.45, 2.75) is 25.4 Å². The molecule has 1 fully saturated rings. The van der Waals surface area contributed by atoms with Crippen molar-refractivity contribution in [3.63, 3.8) is 0 Å². The molecule has 0 bridgehead atoms. The molecule has 44 heavy (non-hydrogen) atoms. The van der Waals surface area contributed by atoms with Crippen LogP contribution in [-0.2, 0) is 6.54 Å². The summed E-state index contributed by atoms with van der Waals surface area (Å²) in [6.07, 6.45) is 3.20. The lowest BCUT2D eigenvalue weighted by atomic mass is 10.0. The number of hydrogen-bond acceptors (Lipinski definition) is 7.